The predicted octanol–water partition coefficient (Wildman–Crippen LogP) is 4.26. The number of ether oxygens (including phenoxy) is 1. The Kier molecular flexibility index (Phi) is 4.78. The minimum Gasteiger partial charge on any atom is -0.439 e. The van der Waals surface area contributed by atoms with Crippen molar-refractivity contribution in [3.05, 3.63) is 48.0 Å². The van der Waals surface area contributed by atoms with Crippen LogP contribution in [-0.2, 0) is 6.42 Å². The smallest absolute Gasteiger partial charge is 0.221 e. The molecule has 100 valence electrons. The molecule has 19 heavy (non-hydrogen) atoms. The molecule has 2 rings (SSSR count). The summed E-state index contributed by atoms with van der Waals surface area (Å²) < 4.78 is 5.75. The molecule has 0 amide bonds. The van der Waals surface area contributed by atoms with E-state index in [9.17, 15) is 0 Å². The standard InChI is InChI=1S/C16H20N2O/c1-3-6-13-9-11-14(12-10-13)19-16-8-5-7-15(18-16)17-4-2/h5,7-12H,3-4,6H2,1-2H3,(H,17,18). The van der Waals surface area contributed by atoms with Gasteiger partial charge in [-0.15, -0.1) is 0 Å². The second-order valence-corrected chi connectivity index (χ2v) is 4.39. The van der Waals surface area contributed by atoms with Crippen molar-refractivity contribution in [2.75, 3.05) is 11.9 Å². The number of nitrogens with one attached hydrogen (secondary N) is 1. The SMILES string of the molecule is CCCc1ccc(Oc2cccc(NCC)n2)cc1. The monoisotopic (exact) mass is 256 g/mol. The van der Waals surface area contributed by atoms with Crippen molar-refractivity contribution in [3.63, 3.8) is 0 Å². The van der Waals surface area contributed by atoms with E-state index < -0.39 is 0 Å². The van der Waals surface area contributed by atoms with Gasteiger partial charge in [0.15, 0.2) is 0 Å². The van der Waals surface area contributed by atoms with E-state index in [1.165, 1.54) is 5.56 Å². The summed E-state index contributed by atoms with van der Waals surface area (Å²) in [5.74, 6) is 2.27. The van der Waals surface area contributed by atoms with Crippen LogP contribution in [0.25, 0.3) is 0 Å². The third-order valence-electron chi connectivity index (χ3n) is 2.77. The number of benzene rings is 1. The number of aromatic nitrogens is 1. The van der Waals surface area contributed by atoms with E-state index in [-0.39, 0.29) is 0 Å². The van der Waals surface area contributed by atoms with Crippen LogP contribution >= 0.6 is 0 Å². The summed E-state index contributed by atoms with van der Waals surface area (Å²) in [6.07, 6.45) is 2.26. The molecule has 1 N–H and O–H groups in total. The van der Waals surface area contributed by atoms with Crippen LogP contribution in [0.1, 0.15) is 25.8 Å². The van der Waals surface area contributed by atoms with E-state index in [1.54, 1.807) is 0 Å². The first kappa shape index (κ1) is 13.4. The minimum atomic E-state index is 0.613. The van der Waals surface area contributed by atoms with Gasteiger partial charge in [-0.3, -0.25) is 0 Å². The number of nitrogens with zero attached hydrogens (tertiary/aromatic N) is 1. The zero-order chi connectivity index (χ0) is 13.5. The third kappa shape index (κ3) is 3.98. The lowest BCUT2D eigenvalue weighted by molar-refractivity contribution is 0.463. The van der Waals surface area contributed by atoms with E-state index in [2.05, 4.69) is 29.4 Å². The molecule has 2 aromatic rings. The Morgan fingerprint density at radius 1 is 1.05 bits per heavy atom. The van der Waals surface area contributed by atoms with Crippen molar-refractivity contribution >= 4 is 5.82 Å². The summed E-state index contributed by atoms with van der Waals surface area (Å²) in [6.45, 7) is 5.07. The number of anilines is 1. The van der Waals surface area contributed by atoms with Crippen molar-refractivity contribution in [2.45, 2.75) is 26.7 Å². The highest BCUT2D eigenvalue weighted by Gasteiger charge is 2.00. The van der Waals surface area contributed by atoms with Crippen LogP contribution in [0.2, 0.25) is 0 Å². The molecule has 0 aliphatic heterocycles. The molecule has 1 aromatic heterocycles. The molecule has 0 saturated carbocycles. The second-order valence-electron chi connectivity index (χ2n) is 4.39. The molecular weight excluding hydrogens is 236 g/mol. The quantitative estimate of drug-likeness (QED) is 0.838. The molecule has 1 aromatic carbocycles. The van der Waals surface area contributed by atoms with Crippen molar-refractivity contribution in [3.8, 4) is 11.6 Å². The maximum absolute atomic E-state index is 5.75. The minimum absolute atomic E-state index is 0.613. The largest absolute Gasteiger partial charge is 0.439 e. The molecule has 3 heteroatoms. The molecule has 0 fully saturated rings. The van der Waals surface area contributed by atoms with E-state index >= 15 is 0 Å². The average Bonchev–Trinajstić information content (AvgIpc) is 2.42. The van der Waals surface area contributed by atoms with Crippen LogP contribution in [0, 0.1) is 0 Å². The van der Waals surface area contributed by atoms with E-state index in [0.29, 0.717) is 5.88 Å². The van der Waals surface area contributed by atoms with E-state index in [4.69, 9.17) is 4.74 Å². The van der Waals surface area contributed by atoms with Gasteiger partial charge in [-0.25, -0.2) is 0 Å². The molecule has 0 bridgehead atoms. The fourth-order valence-electron chi connectivity index (χ4n) is 1.88. The number of hydrogen-bond acceptors (Lipinski definition) is 3. The Hall–Kier alpha value is -2.03. The maximum atomic E-state index is 5.75. The lowest BCUT2D eigenvalue weighted by atomic mass is 10.1. The Bertz CT molecular complexity index is 508. The van der Waals surface area contributed by atoms with Crippen LogP contribution in [-0.4, -0.2) is 11.5 Å². The van der Waals surface area contributed by atoms with Crippen LogP contribution in [0.3, 0.4) is 0 Å². The number of pyridine rings is 1. The fourth-order valence-corrected chi connectivity index (χ4v) is 1.88. The molecule has 0 aliphatic rings. The predicted molar refractivity (Wildman–Crippen MR) is 78.9 cm³/mol. The summed E-state index contributed by atoms with van der Waals surface area (Å²) in [4.78, 5) is 4.38. The number of aryl methyl sites for hydroxylation is 1. The van der Waals surface area contributed by atoms with Gasteiger partial charge in [0.1, 0.15) is 11.6 Å². The third-order valence-corrected chi connectivity index (χ3v) is 2.77. The lowest BCUT2D eigenvalue weighted by Gasteiger charge is -2.08. The fraction of sp³-hybridized carbons (Fsp3) is 0.312. The Balaban J connectivity index is 2.05. The van der Waals surface area contributed by atoms with Gasteiger partial charge in [0.25, 0.3) is 0 Å². The zero-order valence-electron chi connectivity index (χ0n) is 11.5. The first-order valence-corrected chi connectivity index (χ1v) is 6.79. The molecule has 0 spiro atoms. The average molecular weight is 256 g/mol. The van der Waals surface area contributed by atoms with Gasteiger partial charge in [-0.2, -0.15) is 4.98 Å². The molecular formula is C16H20N2O. The van der Waals surface area contributed by atoms with Crippen molar-refractivity contribution in [1.29, 1.82) is 0 Å². The molecule has 0 aliphatic carbocycles. The summed E-state index contributed by atoms with van der Waals surface area (Å²) in [5.41, 5.74) is 1.34. The summed E-state index contributed by atoms with van der Waals surface area (Å²) in [5, 5.41) is 3.17. The van der Waals surface area contributed by atoms with Crippen LogP contribution in [0.5, 0.6) is 11.6 Å². The van der Waals surface area contributed by atoms with Crippen LogP contribution in [0.4, 0.5) is 5.82 Å². The molecule has 3 nitrogen and oxygen atoms in total. The van der Waals surface area contributed by atoms with Gasteiger partial charge < -0.3 is 10.1 Å². The molecule has 0 atom stereocenters. The number of rotatable bonds is 6. The zero-order valence-corrected chi connectivity index (χ0v) is 11.5. The topological polar surface area (TPSA) is 34.1 Å². The summed E-state index contributed by atoms with van der Waals surface area (Å²) >= 11 is 0. The van der Waals surface area contributed by atoms with Gasteiger partial charge >= 0.3 is 0 Å². The van der Waals surface area contributed by atoms with Crippen molar-refractivity contribution in [1.82, 2.24) is 4.98 Å². The van der Waals surface area contributed by atoms with Gasteiger partial charge in [-0.1, -0.05) is 31.5 Å². The maximum Gasteiger partial charge on any atom is 0.221 e. The molecule has 0 unspecified atom stereocenters. The van der Waals surface area contributed by atoms with Crippen molar-refractivity contribution < 1.29 is 4.74 Å². The highest BCUT2D eigenvalue weighted by Crippen LogP contribution is 2.21. The molecule has 0 saturated heterocycles. The first-order valence-electron chi connectivity index (χ1n) is 6.79. The second kappa shape index (κ2) is 6.78. The molecule has 1 heterocycles. The summed E-state index contributed by atoms with van der Waals surface area (Å²) in [7, 11) is 0. The highest BCUT2D eigenvalue weighted by molar-refractivity contribution is 5.38. The molecule has 0 radical (unpaired) electrons. The highest BCUT2D eigenvalue weighted by atomic mass is 16.5. The van der Waals surface area contributed by atoms with Gasteiger partial charge in [0.05, 0.1) is 0 Å². The van der Waals surface area contributed by atoms with Gasteiger partial charge in [-0.05, 0) is 37.1 Å². The van der Waals surface area contributed by atoms with Crippen molar-refractivity contribution in [2.24, 2.45) is 0 Å². The Morgan fingerprint density at radius 2 is 1.84 bits per heavy atom. The van der Waals surface area contributed by atoms with Gasteiger partial charge in [0.2, 0.25) is 5.88 Å². The Labute approximate surface area is 114 Å². The van der Waals surface area contributed by atoms with Gasteiger partial charge in [0, 0.05) is 12.6 Å². The lowest BCUT2D eigenvalue weighted by Crippen LogP contribution is -1.99. The van der Waals surface area contributed by atoms with E-state index in [0.717, 1.165) is 31.0 Å². The van der Waals surface area contributed by atoms with E-state index in [1.807, 2.05) is 37.3 Å². The Morgan fingerprint density at radius 3 is 2.53 bits per heavy atom. The summed E-state index contributed by atoms with van der Waals surface area (Å²) in [6, 6.07) is 13.9. The number of hydrogen-bond donors (Lipinski definition) is 1. The van der Waals surface area contributed by atoms with Crippen LogP contribution in [0.15, 0.2) is 42.5 Å². The first-order chi connectivity index (χ1) is 9.31. The normalized spacial score (nSPS) is 10.2. The van der Waals surface area contributed by atoms with Crippen LogP contribution < -0.4 is 10.1 Å².